The van der Waals surface area contributed by atoms with Gasteiger partial charge in [-0.1, -0.05) is 39.0 Å². The van der Waals surface area contributed by atoms with Crippen LogP contribution in [0.25, 0.3) is 0 Å². The lowest BCUT2D eigenvalue weighted by molar-refractivity contribution is 0.125. The number of aliphatic hydroxyl groups excluding tert-OH is 1. The van der Waals surface area contributed by atoms with Crippen molar-refractivity contribution in [2.24, 2.45) is 0 Å². The Morgan fingerprint density at radius 2 is 1.87 bits per heavy atom. The first kappa shape index (κ1) is 17.6. The molecule has 5 heteroatoms. The third kappa shape index (κ3) is 5.44. The first-order chi connectivity index (χ1) is 10.9. The Kier molecular flexibility index (Phi) is 5.91. The second kappa shape index (κ2) is 7.70. The molecule has 124 valence electrons. The van der Waals surface area contributed by atoms with Crippen molar-refractivity contribution >= 4 is 10.8 Å². The van der Waals surface area contributed by atoms with Crippen LogP contribution in [0, 0.1) is 0 Å². The molecular weight excluding hydrogens is 310 g/mol. The summed E-state index contributed by atoms with van der Waals surface area (Å²) in [5.74, 6) is 0.803. The number of hydrogen-bond acceptors (Lipinski definition) is 4. The Morgan fingerprint density at radius 1 is 1.17 bits per heavy atom. The second-order valence-electron chi connectivity index (χ2n) is 6.42. The lowest BCUT2D eigenvalue weighted by Crippen LogP contribution is -2.24. The van der Waals surface area contributed by atoms with Crippen molar-refractivity contribution in [3.05, 3.63) is 54.2 Å². The normalized spacial score (nSPS) is 14.3. The maximum atomic E-state index is 12.1. The molecule has 1 aromatic carbocycles. The average molecular weight is 333 g/mol. The summed E-state index contributed by atoms with van der Waals surface area (Å²) in [5, 5.41) is 10.5. The molecule has 0 spiro atoms. The highest BCUT2D eigenvalue weighted by Crippen LogP contribution is 2.24. The van der Waals surface area contributed by atoms with Gasteiger partial charge in [0, 0.05) is 6.20 Å². The summed E-state index contributed by atoms with van der Waals surface area (Å²) in [6, 6.07) is 13.1. The fraction of sp³-hybridized carbons (Fsp3) is 0.389. The van der Waals surface area contributed by atoms with E-state index in [9.17, 15) is 9.32 Å². The standard InChI is InChI=1S/C18H23NO3S/c1-18(2,3)14-7-9-16(10-8-14)22-12-15(20)13-23(21)17-6-4-5-11-19-17/h4-11,15,20H,12-13H2,1-3H3. The van der Waals surface area contributed by atoms with Gasteiger partial charge in [0.1, 0.15) is 17.4 Å². The molecule has 0 bridgehead atoms. The molecule has 1 heterocycles. The van der Waals surface area contributed by atoms with Gasteiger partial charge in [0.25, 0.3) is 0 Å². The molecule has 1 aromatic heterocycles. The monoisotopic (exact) mass is 333 g/mol. The number of ether oxygens (including phenoxy) is 1. The predicted octanol–water partition coefficient (Wildman–Crippen LogP) is 2.93. The van der Waals surface area contributed by atoms with E-state index >= 15 is 0 Å². The highest BCUT2D eigenvalue weighted by molar-refractivity contribution is 7.85. The van der Waals surface area contributed by atoms with Crippen LogP contribution in [0.2, 0.25) is 0 Å². The molecular formula is C18H23NO3S. The van der Waals surface area contributed by atoms with Crippen LogP contribution in [-0.4, -0.2) is 32.8 Å². The first-order valence-corrected chi connectivity index (χ1v) is 8.89. The van der Waals surface area contributed by atoms with E-state index in [1.165, 1.54) is 5.56 Å². The van der Waals surface area contributed by atoms with E-state index in [1.54, 1.807) is 24.4 Å². The van der Waals surface area contributed by atoms with E-state index in [1.807, 2.05) is 24.3 Å². The number of aromatic nitrogens is 1. The lowest BCUT2D eigenvalue weighted by Gasteiger charge is -2.19. The van der Waals surface area contributed by atoms with E-state index < -0.39 is 16.9 Å². The van der Waals surface area contributed by atoms with Crippen molar-refractivity contribution < 1.29 is 14.1 Å². The van der Waals surface area contributed by atoms with Crippen molar-refractivity contribution in [1.82, 2.24) is 4.98 Å². The second-order valence-corrected chi connectivity index (χ2v) is 7.86. The van der Waals surface area contributed by atoms with Crippen LogP contribution in [-0.2, 0) is 16.2 Å². The summed E-state index contributed by atoms with van der Waals surface area (Å²) in [7, 11) is -1.33. The van der Waals surface area contributed by atoms with Crippen molar-refractivity contribution in [1.29, 1.82) is 0 Å². The molecule has 0 amide bonds. The SMILES string of the molecule is CC(C)(C)c1ccc(OCC(O)CS(=O)c2ccccn2)cc1. The fourth-order valence-electron chi connectivity index (χ4n) is 2.03. The van der Waals surface area contributed by atoms with Crippen LogP contribution in [0.1, 0.15) is 26.3 Å². The van der Waals surface area contributed by atoms with Gasteiger partial charge in [0.2, 0.25) is 0 Å². The molecule has 1 N–H and O–H groups in total. The molecule has 0 aliphatic heterocycles. The summed E-state index contributed by atoms with van der Waals surface area (Å²) in [6.45, 7) is 6.56. The lowest BCUT2D eigenvalue weighted by atomic mass is 9.87. The number of aliphatic hydroxyl groups is 1. The van der Waals surface area contributed by atoms with Gasteiger partial charge < -0.3 is 9.84 Å². The van der Waals surface area contributed by atoms with E-state index in [0.29, 0.717) is 10.8 Å². The number of benzene rings is 1. The largest absolute Gasteiger partial charge is 0.491 e. The Bertz CT molecular complexity index is 636. The van der Waals surface area contributed by atoms with Crippen LogP contribution < -0.4 is 4.74 Å². The smallest absolute Gasteiger partial charge is 0.127 e. The molecule has 0 saturated carbocycles. The zero-order valence-electron chi connectivity index (χ0n) is 13.7. The molecule has 2 unspecified atom stereocenters. The van der Waals surface area contributed by atoms with Gasteiger partial charge in [-0.15, -0.1) is 0 Å². The van der Waals surface area contributed by atoms with Crippen LogP contribution in [0.3, 0.4) is 0 Å². The van der Waals surface area contributed by atoms with Crippen molar-refractivity contribution in [2.45, 2.75) is 37.3 Å². The summed E-state index contributed by atoms with van der Waals surface area (Å²) in [5.41, 5.74) is 1.32. The van der Waals surface area contributed by atoms with Crippen LogP contribution >= 0.6 is 0 Å². The zero-order chi connectivity index (χ0) is 16.9. The number of pyridine rings is 1. The van der Waals surface area contributed by atoms with E-state index in [0.717, 1.165) is 0 Å². The predicted molar refractivity (Wildman–Crippen MR) is 92.2 cm³/mol. The molecule has 0 saturated heterocycles. The maximum Gasteiger partial charge on any atom is 0.127 e. The van der Waals surface area contributed by atoms with E-state index in [4.69, 9.17) is 4.74 Å². The molecule has 2 aromatic rings. The van der Waals surface area contributed by atoms with Gasteiger partial charge >= 0.3 is 0 Å². The van der Waals surface area contributed by atoms with Crippen molar-refractivity contribution in [3.8, 4) is 5.75 Å². The Balaban J connectivity index is 1.85. The maximum absolute atomic E-state index is 12.1. The van der Waals surface area contributed by atoms with Crippen LogP contribution in [0.5, 0.6) is 5.75 Å². The molecule has 23 heavy (non-hydrogen) atoms. The Labute approximate surface area is 140 Å². The number of rotatable bonds is 6. The van der Waals surface area contributed by atoms with Crippen LogP contribution in [0.4, 0.5) is 0 Å². The fourth-order valence-corrected chi connectivity index (χ4v) is 3.06. The zero-order valence-corrected chi connectivity index (χ0v) is 14.5. The van der Waals surface area contributed by atoms with E-state index in [2.05, 4.69) is 25.8 Å². The quantitative estimate of drug-likeness (QED) is 0.883. The molecule has 2 atom stereocenters. The molecule has 4 nitrogen and oxygen atoms in total. The molecule has 2 rings (SSSR count). The highest BCUT2D eigenvalue weighted by atomic mass is 32.2. The van der Waals surface area contributed by atoms with Gasteiger partial charge in [0.05, 0.1) is 22.7 Å². The third-order valence-electron chi connectivity index (χ3n) is 3.38. The topological polar surface area (TPSA) is 59.4 Å². The summed E-state index contributed by atoms with van der Waals surface area (Å²) in [4.78, 5) is 4.03. The highest BCUT2D eigenvalue weighted by Gasteiger charge is 2.15. The van der Waals surface area contributed by atoms with Gasteiger partial charge in [-0.2, -0.15) is 0 Å². The van der Waals surface area contributed by atoms with Gasteiger partial charge in [0.15, 0.2) is 0 Å². The third-order valence-corrected chi connectivity index (χ3v) is 4.77. The number of hydrogen-bond donors (Lipinski definition) is 1. The van der Waals surface area contributed by atoms with Crippen molar-refractivity contribution in [2.75, 3.05) is 12.4 Å². The van der Waals surface area contributed by atoms with Gasteiger partial charge in [-0.05, 0) is 35.2 Å². The van der Waals surface area contributed by atoms with Gasteiger partial charge in [-0.25, -0.2) is 4.98 Å². The summed E-state index contributed by atoms with van der Waals surface area (Å²) >= 11 is 0. The minimum Gasteiger partial charge on any atom is -0.491 e. The average Bonchev–Trinajstić information content (AvgIpc) is 2.53. The molecule has 0 aliphatic rings. The summed E-state index contributed by atoms with van der Waals surface area (Å²) < 4.78 is 17.6. The Hall–Kier alpha value is -1.72. The molecule has 0 radical (unpaired) electrons. The first-order valence-electron chi connectivity index (χ1n) is 7.57. The van der Waals surface area contributed by atoms with E-state index in [-0.39, 0.29) is 17.8 Å². The number of nitrogens with zero attached hydrogens (tertiary/aromatic N) is 1. The van der Waals surface area contributed by atoms with Crippen LogP contribution in [0.15, 0.2) is 53.7 Å². The van der Waals surface area contributed by atoms with Gasteiger partial charge in [-0.3, -0.25) is 4.21 Å². The minimum atomic E-state index is -1.33. The molecule has 0 fully saturated rings. The minimum absolute atomic E-state index is 0.0949. The Morgan fingerprint density at radius 3 is 2.43 bits per heavy atom. The molecule has 0 aliphatic carbocycles. The van der Waals surface area contributed by atoms with Crippen molar-refractivity contribution in [3.63, 3.8) is 0 Å². The summed E-state index contributed by atoms with van der Waals surface area (Å²) in [6.07, 6.45) is 0.785.